The zero-order valence-electron chi connectivity index (χ0n) is 11.5. The fourth-order valence-corrected chi connectivity index (χ4v) is 2.38. The predicted molar refractivity (Wildman–Crippen MR) is 70.2 cm³/mol. The maximum absolute atomic E-state index is 5.70. The van der Waals surface area contributed by atoms with Gasteiger partial charge in [-0.15, -0.1) is 0 Å². The summed E-state index contributed by atoms with van der Waals surface area (Å²) in [5.74, 6) is 0. The Labute approximate surface area is 105 Å². The van der Waals surface area contributed by atoms with Crippen LogP contribution in [-0.2, 0) is 9.47 Å². The first-order valence-corrected chi connectivity index (χ1v) is 6.88. The van der Waals surface area contributed by atoms with Crippen molar-refractivity contribution >= 4 is 0 Å². The third-order valence-corrected chi connectivity index (χ3v) is 3.46. The summed E-state index contributed by atoms with van der Waals surface area (Å²) >= 11 is 0. The van der Waals surface area contributed by atoms with Crippen molar-refractivity contribution < 1.29 is 9.47 Å². The molecule has 3 atom stereocenters. The second-order valence-corrected chi connectivity index (χ2v) is 4.80. The van der Waals surface area contributed by atoms with Gasteiger partial charge in [-0.25, -0.2) is 0 Å². The van der Waals surface area contributed by atoms with Gasteiger partial charge in [-0.2, -0.15) is 0 Å². The maximum atomic E-state index is 5.70. The van der Waals surface area contributed by atoms with Crippen LogP contribution in [0.5, 0.6) is 0 Å². The van der Waals surface area contributed by atoms with E-state index in [0.29, 0.717) is 18.7 Å². The van der Waals surface area contributed by atoms with Crippen LogP contribution < -0.4 is 5.73 Å². The summed E-state index contributed by atoms with van der Waals surface area (Å²) in [4.78, 5) is 2.52. The summed E-state index contributed by atoms with van der Waals surface area (Å²) in [5.41, 5.74) is 5.70. The molecule has 1 heterocycles. The number of nitrogens with zero attached hydrogens (tertiary/aromatic N) is 1. The van der Waals surface area contributed by atoms with Crippen LogP contribution in [0.25, 0.3) is 0 Å². The molecule has 1 aliphatic rings. The maximum Gasteiger partial charge on any atom is 0.0709 e. The molecular weight excluding hydrogens is 216 g/mol. The van der Waals surface area contributed by atoms with Crippen molar-refractivity contribution in [3.8, 4) is 0 Å². The highest BCUT2D eigenvalue weighted by Gasteiger charge is 2.25. The second-order valence-electron chi connectivity index (χ2n) is 4.80. The van der Waals surface area contributed by atoms with E-state index in [1.165, 1.54) is 0 Å². The molecule has 0 aromatic rings. The van der Waals surface area contributed by atoms with Crippen molar-refractivity contribution in [2.24, 2.45) is 5.73 Å². The van der Waals surface area contributed by atoms with Crippen LogP contribution in [0.2, 0.25) is 0 Å². The van der Waals surface area contributed by atoms with E-state index < -0.39 is 0 Å². The van der Waals surface area contributed by atoms with Crippen LogP contribution in [0, 0.1) is 0 Å². The Balaban J connectivity index is 2.36. The standard InChI is InChI=1S/C13H28N2O2/c1-4-12-10-17-11(3)9-15(12)7-6-13(8-14)16-5-2/h11-13H,4-10,14H2,1-3H3. The smallest absolute Gasteiger partial charge is 0.0709 e. The van der Waals surface area contributed by atoms with Crippen molar-refractivity contribution in [2.75, 3.05) is 32.8 Å². The van der Waals surface area contributed by atoms with E-state index in [1.807, 2.05) is 6.92 Å². The zero-order chi connectivity index (χ0) is 12.7. The first kappa shape index (κ1) is 14.9. The van der Waals surface area contributed by atoms with E-state index in [9.17, 15) is 0 Å². The molecule has 0 radical (unpaired) electrons. The van der Waals surface area contributed by atoms with Crippen LogP contribution in [-0.4, -0.2) is 56.0 Å². The van der Waals surface area contributed by atoms with Crippen molar-refractivity contribution in [1.82, 2.24) is 4.90 Å². The van der Waals surface area contributed by atoms with Crippen molar-refractivity contribution in [1.29, 1.82) is 0 Å². The minimum atomic E-state index is 0.204. The average molecular weight is 244 g/mol. The van der Waals surface area contributed by atoms with Gasteiger partial charge in [0.25, 0.3) is 0 Å². The van der Waals surface area contributed by atoms with Gasteiger partial charge in [0.15, 0.2) is 0 Å². The van der Waals surface area contributed by atoms with Gasteiger partial charge in [0.05, 0.1) is 18.8 Å². The summed E-state index contributed by atoms with van der Waals surface area (Å²) in [6.07, 6.45) is 2.72. The lowest BCUT2D eigenvalue weighted by molar-refractivity contribution is -0.0609. The second kappa shape index (κ2) is 8.03. The summed E-state index contributed by atoms with van der Waals surface area (Å²) in [5, 5.41) is 0. The van der Waals surface area contributed by atoms with Gasteiger partial charge >= 0.3 is 0 Å². The number of ether oxygens (including phenoxy) is 2. The van der Waals surface area contributed by atoms with Gasteiger partial charge < -0.3 is 15.2 Å². The molecule has 4 nitrogen and oxygen atoms in total. The van der Waals surface area contributed by atoms with Gasteiger partial charge in [0.2, 0.25) is 0 Å². The van der Waals surface area contributed by atoms with Crippen molar-refractivity contribution in [2.45, 2.75) is 51.9 Å². The topological polar surface area (TPSA) is 47.7 Å². The molecule has 1 fully saturated rings. The van der Waals surface area contributed by atoms with Gasteiger partial charge in [0.1, 0.15) is 0 Å². The number of hydrogen-bond donors (Lipinski definition) is 1. The fourth-order valence-electron chi connectivity index (χ4n) is 2.38. The summed E-state index contributed by atoms with van der Waals surface area (Å²) < 4.78 is 11.3. The van der Waals surface area contributed by atoms with E-state index >= 15 is 0 Å². The number of nitrogens with two attached hydrogens (primary N) is 1. The lowest BCUT2D eigenvalue weighted by Crippen LogP contribution is -2.49. The van der Waals surface area contributed by atoms with Crippen LogP contribution in [0.3, 0.4) is 0 Å². The Morgan fingerprint density at radius 3 is 2.82 bits per heavy atom. The molecule has 1 aliphatic heterocycles. The fraction of sp³-hybridized carbons (Fsp3) is 1.00. The minimum absolute atomic E-state index is 0.204. The Morgan fingerprint density at radius 1 is 1.47 bits per heavy atom. The quantitative estimate of drug-likeness (QED) is 0.732. The molecule has 2 N–H and O–H groups in total. The summed E-state index contributed by atoms with van der Waals surface area (Å²) in [6, 6.07) is 0.561. The first-order chi connectivity index (χ1) is 8.21. The molecule has 0 spiro atoms. The molecule has 17 heavy (non-hydrogen) atoms. The highest BCUT2D eigenvalue weighted by molar-refractivity contribution is 4.78. The van der Waals surface area contributed by atoms with Gasteiger partial charge in [0, 0.05) is 32.3 Å². The summed E-state index contributed by atoms with van der Waals surface area (Å²) in [6.45, 7) is 10.7. The third-order valence-electron chi connectivity index (χ3n) is 3.46. The molecule has 4 heteroatoms. The number of morpholine rings is 1. The molecule has 3 unspecified atom stereocenters. The molecule has 102 valence electrons. The monoisotopic (exact) mass is 244 g/mol. The molecule has 0 aliphatic carbocycles. The normalized spacial score (nSPS) is 28.2. The van der Waals surface area contributed by atoms with E-state index in [2.05, 4.69) is 18.7 Å². The lowest BCUT2D eigenvalue weighted by Gasteiger charge is -2.38. The first-order valence-electron chi connectivity index (χ1n) is 6.88. The molecule has 0 amide bonds. The largest absolute Gasteiger partial charge is 0.377 e. The van der Waals surface area contributed by atoms with Crippen LogP contribution >= 0.6 is 0 Å². The molecular formula is C13H28N2O2. The van der Waals surface area contributed by atoms with Gasteiger partial charge in [-0.1, -0.05) is 6.92 Å². The van der Waals surface area contributed by atoms with E-state index in [-0.39, 0.29) is 6.10 Å². The highest BCUT2D eigenvalue weighted by Crippen LogP contribution is 2.15. The SMILES string of the molecule is CCOC(CN)CCN1CC(C)OCC1CC. The van der Waals surface area contributed by atoms with Crippen LogP contribution in [0.4, 0.5) is 0 Å². The molecule has 0 aromatic carbocycles. The van der Waals surface area contributed by atoms with Gasteiger partial charge in [-0.3, -0.25) is 4.90 Å². The number of hydrogen-bond acceptors (Lipinski definition) is 4. The lowest BCUT2D eigenvalue weighted by atomic mass is 10.1. The third kappa shape index (κ3) is 4.92. The Hall–Kier alpha value is -0.160. The predicted octanol–water partition coefficient (Wildman–Crippen LogP) is 1.24. The Kier molecular flexibility index (Phi) is 7.04. The van der Waals surface area contributed by atoms with Crippen molar-refractivity contribution in [3.05, 3.63) is 0 Å². The molecule has 1 saturated heterocycles. The molecule has 0 saturated carbocycles. The zero-order valence-corrected chi connectivity index (χ0v) is 11.5. The van der Waals surface area contributed by atoms with Crippen LogP contribution in [0.15, 0.2) is 0 Å². The van der Waals surface area contributed by atoms with E-state index in [4.69, 9.17) is 15.2 Å². The van der Waals surface area contributed by atoms with E-state index in [1.54, 1.807) is 0 Å². The number of rotatable bonds is 7. The Bertz CT molecular complexity index is 202. The summed E-state index contributed by atoms with van der Waals surface area (Å²) in [7, 11) is 0. The Morgan fingerprint density at radius 2 is 2.24 bits per heavy atom. The molecule has 1 rings (SSSR count). The molecule has 0 bridgehead atoms. The minimum Gasteiger partial charge on any atom is -0.377 e. The molecule has 0 aromatic heterocycles. The average Bonchev–Trinajstić information content (AvgIpc) is 2.34. The van der Waals surface area contributed by atoms with Crippen LogP contribution in [0.1, 0.15) is 33.6 Å². The van der Waals surface area contributed by atoms with E-state index in [0.717, 1.165) is 39.1 Å². The highest BCUT2D eigenvalue weighted by atomic mass is 16.5. The van der Waals surface area contributed by atoms with Gasteiger partial charge in [-0.05, 0) is 26.7 Å². The van der Waals surface area contributed by atoms with Crippen molar-refractivity contribution in [3.63, 3.8) is 0 Å².